The molecule has 2 rings (SSSR count). The molecule has 0 atom stereocenters. The Bertz CT molecular complexity index is 545. The fourth-order valence-corrected chi connectivity index (χ4v) is 1.61. The van der Waals surface area contributed by atoms with Crippen LogP contribution in [0.1, 0.15) is 5.56 Å². The highest BCUT2D eigenvalue weighted by atomic mass is 19.1. The first-order valence-corrected chi connectivity index (χ1v) is 6.26. The maximum Gasteiger partial charge on any atom is 0.239 e. The molecule has 6 heteroatoms. The molecule has 5 nitrogen and oxygen atoms in total. The predicted octanol–water partition coefficient (Wildman–Crippen LogP) is 1.39. The van der Waals surface area contributed by atoms with E-state index >= 15 is 0 Å². The molecule has 2 N–H and O–H groups in total. The molecule has 0 spiro atoms. The van der Waals surface area contributed by atoms with Gasteiger partial charge < -0.3 is 10.6 Å². The summed E-state index contributed by atoms with van der Waals surface area (Å²) >= 11 is 0. The van der Waals surface area contributed by atoms with Gasteiger partial charge in [0.25, 0.3) is 0 Å². The van der Waals surface area contributed by atoms with E-state index in [1.807, 2.05) is 0 Å². The van der Waals surface area contributed by atoms with Gasteiger partial charge in [-0.05, 0) is 30.2 Å². The number of carbonyl (C=O) groups excluding carboxylic acids is 1. The van der Waals surface area contributed by atoms with E-state index in [0.717, 1.165) is 5.56 Å². The zero-order valence-electron chi connectivity index (χ0n) is 10.8. The van der Waals surface area contributed by atoms with Gasteiger partial charge in [0.15, 0.2) is 0 Å². The van der Waals surface area contributed by atoms with Gasteiger partial charge in [-0.25, -0.2) is 14.4 Å². The fourth-order valence-electron chi connectivity index (χ4n) is 1.61. The summed E-state index contributed by atoms with van der Waals surface area (Å²) in [5.41, 5.74) is 0.978. The van der Waals surface area contributed by atoms with E-state index in [9.17, 15) is 9.18 Å². The summed E-state index contributed by atoms with van der Waals surface area (Å²) in [5, 5.41) is 5.58. The van der Waals surface area contributed by atoms with Crippen molar-refractivity contribution in [3.05, 3.63) is 54.1 Å². The van der Waals surface area contributed by atoms with Crippen LogP contribution < -0.4 is 10.6 Å². The van der Waals surface area contributed by atoms with Crippen LogP contribution in [0.15, 0.2) is 42.7 Å². The van der Waals surface area contributed by atoms with E-state index in [4.69, 9.17) is 0 Å². The monoisotopic (exact) mass is 274 g/mol. The van der Waals surface area contributed by atoms with Gasteiger partial charge in [0, 0.05) is 18.9 Å². The van der Waals surface area contributed by atoms with Gasteiger partial charge in [-0.1, -0.05) is 12.1 Å². The van der Waals surface area contributed by atoms with E-state index < -0.39 is 0 Å². The molecule has 0 saturated heterocycles. The average molecular weight is 274 g/mol. The van der Waals surface area contributed by atoms with Crippen LogP contribution in [0.4, 0.5) is 10.3 Å². The highest BCUT2D eigenvalue weighted by molar-refractivity contribution is 5.80. The van der Waals surface area contributed by atoms with Gasteiger partial charge in [0.1, 0.15) is 5.82 Å². The Hall–Kier alpha value is -2.50. The summed E-state index contributed by atoms with van der Waals surface area (Å²) < 4.78 is 12.7. The molecule has 104 valence electrons. The number of halogens is 1. The number of nitrogens with zero attached hydrogens (tertiary/aromatic N) is 2. The quantitative estimate of drug-likeness (QED) is 0.835. The Morgan fingerprint density at radius 3 is 2.55 bits per heavy atom. The van der Waals surface area contributed by atoms with E-state index in [1.54, 1.807) is 30.6 Å². The molecule has 0 fully saturated rings. The predicted molar refractivity (Wildman–Crippen MR) is 73.6 cm³/mol. The number of hydrogen-bond donors (Lipinski definition) is 2. The molecule has 20 heavy (non-hydrogen) atoms. The molecule has 0 unspecified atom stereocenters. The second-order valence-corrected chi connectivity index (χ2v) is 4.15. The number of nitrogens with one attached hydrogen (secondary N) is 2. The van der Waals surface area contributed by atoms with Crippen molar-refractivity contribution in [3.8, 4) is 0 Å². The van der Waals surface area contributed by atoms with Gasteiger partial charge in [-0.3, -0.25) is 4.79 Å². The van der Waals surface area contributed by atoms with Crippen molar-refractivity contribution in [1.29, 1.82) is 0 Å². The number of hydrogen-bond acceptors (Lipinski definition) is 4. The second kappa shape index (κ2) is 7.18. The summed E-state index contributed by atoms with van der Waals surface area (Å²) in [4.78, 5) is 19.5. The lowest BCUT2D eigenvalue weighted by Crippen LogP contribution is -2.31. The van der Waals surface area contributed by atoms with Gasteiger partial charge in [0.2, 0.25) is 11.9 Å². The smallest absolute Gasteiger partial charge is 0.239 e. The molecule has 0 radical (unpaired) electrons. The third kappa shape index (κ3) is 4.64. The van der Waals surface area contributed by atoms with Crippen molar-refractivity contribution >= 4 is 11.9 Å². The minimum atomic E-state index is -0.259. The highest BCUT2D eigenvalue weighted by Gasteiger charge is 2.02. The molecular formula is C14H15FN4O. The largest absolute Gasteiger partial charge is 0.354 e. The number of anilines is 1. The minimum absolute atomic E-state index is 0.118. The Morgan fingerprint density at radius 1 is 1.15 bits per heavy atom. The van der Waals surface area contributed by atoms with Crippen LogP contribution in [0, 0.1) is 5.82 Å². The Labute approximate surface area is 116 Å². The lowest BCUT2D eigenvalue weighted by Gasteiger charge is -2.06. The molecule has 0 bridgehead atoms. The van der Waals surface area contributed by atoms with Crippen molar-refractivity contribution in [2.75, 3.05) is 18.4 Å². The number of benzene rings is 1. The standard InChI is InChI=1S/C14H15FN4O/c15-12-4-2-11(3-5-12)6-9-16-13(20)10-19-14-17-7-1-8-18-14/h1-5,7-8H,6,9-10H2,(H,16,20)(H,17,18,19). The van der Waals surface area contributed by atoms with E-state index in [2.05, 4.69) is 20.6 Å². The third-order valence-electron chi connectivity index (χ3n) is 2.62. The Balaban J connectivity index is 1.66. The van der Waals surface area contributed by atoms with Crippen LogP contribution >= 0.6 is 0 Å². The third-order valence-corrected chi connectivity index (χ3v) is 2.62. The van der Waals surface area contributed by atoms with E-state index in [0.29, 0.717) is 18.9 Å². The van der Waals surface area contributed by atoms with Crippen LogP contribution in [0.5, 0.6) is 0 Å². The molecule has 0 aliphatic rings. The van der Waals surface area contributed by atoms with E-state index in [1.165, 1.54) is 12.1 Å². The minimum Gasteiger partial charge on any atom is -0.354 e. The lowest BCUT2D eigenvalue weighted by atomic mass is 10.1. The SMILES string of the molecule is O=C(CNc1ncccn1)NCCc1ccc(F)cc1. The molecular weight excluding hydrogens is 259 g/mol. The average Bonchev–Trinajstić information content (AvgIpc) is 2.48. The molecule has 2 aromatic rings. The van der Waals surface area contributed by atoms with Crippen LogP contribution in [-0.4, -0.2) is 29.0 Å². The van der Waals surface area contributed by atoms with Crippen molar-refractivity contribution in [2.24, 2.45) is 0 Å². The summed E-state index contributed by atoms with van der Waals surface area (Å²) in [6, 6.07) is 7.93. The number of aromatic nitrogens is 2. The number of carbonyl (C=O) groups is 1. The lowest BCUT2D eigenvalue weighted by molar-refractivity contribution is -0.119. The van der Waals surface area contributed by atoms with Gasteiger partial charge in [0.05, 0.1) is 6.54 Å². The van der Waals surface area contributed by atoms with Gasteiger partial charge in [-0.2, -0.15) is 0 Å². The van der Waals surface area contributed by atoms with Crippen LogP contribution in [-0.2, 0) is 11.2 Å². The molecule has 0 aliphatic heterocycles. The number of rotatable bonds is 6. The fraction of sp³-hybridized carbons (Fsp3) is 0.214. The van der Waals surface area contributed by atoms with E-state index in [-0.39, 0.29) is 18.3 Å². The summed E-state index contributed by atoms with van der Waals surface area (Å²) in [5.74, 6) is 0.0191. The zero-order chi connectivity index (χ0) is 14.2. The summed E-state index contributed by atoms with van der Waals surface area (Å²) in [6.45, 7) is 0.620. The maximum atomic E-state index is 12.7. The molecule has 0 saturated carbocycles. The normalized spacial score (nSPS) is 10.1. The molecule has 1 heterocycles. The van der Waals surface area contributed by atoms with Crippen molar-refractivity contribution in [1.82, 2.24) is 15.3 Å². The topological polar surface area (TPSA) is 66.9 Å². The summed E-state index contributed by atoms with van der Waals surface area (Å²) in [7, 11) is 0. The second-order valence-electron chi connectivity index (χ2n) is 4.15. The first-order valence-electron chi connectivity index (χ1n) is 6.26. The number of amides is 1. The Kier molecular flexibility index (Phi) is 5.00. The highest BCUT2D eigenvalue weighted by Crippen LogP contribution is 2.02. The Morgan fingerprint density at radius 2 is 1.85 bits per heavy atom. The molecule has 1 amide bonds. The van der Waals surface area contributed by atoms with Crippen molar-refractivity contribution in [3.63, 3.8) is 0 Å². The van der Waals surface area contributed by atoms with Crippen molar-refractivity contribution < 1.29 is 9.18 Å². The zero-order valence-corrected chi connectivity index (χ0v) is 10.8. The van der Waals surface area contributed by atoms with Crippen molar-refractivity contribution in [2.45, 2.75) is 6.42 Å². The maximum absolute atomic E-state index is 12.7. The molecule has 1 aromatic carbocycles. The van der Waals surface area contributed by atoms with Crippen LogP contribution in [0.2, 0.25) is 0 Å². The summed E-state index contributed by atoms with van der Waals surface area (Å²) in [6.07, 6.45) is 3.86. The van der Waals surface area contributed by atoms with Crippen LogP contribution in [0.3, 0.4) is 0 Å². The van der Waals surface area contributed by atoms with Gasteiger partial charge in [-0.15, -0.1) is 0 Å². The first kappa shape index (κ1) is 13.9. The van der Waals surface area contributed by atoms with Crippen LogP contribution in [0.25, 0.3) is 0 Å². The van der Waals surface area contributed by atoms with Gasteiger partial charge >= 0.3 is 0 Å². The first-order chi connectivity index (χ1) is 9.74. The molecule has 0 aliphatic carbocycles. The molecule has 1 aromatic heterocycles.